The average Bonchev–Trinajstić information content (AvgIpc) is 3.30. The number of nitrogens with zero attached hydrogens (tertiary/aromatic N) is 3. The Morgan fingerprint density at radius 3 is 2.81 bits per heavy atom. The Morgan fingerprint density at radius 2 is 2.04 bits per heavy atom. The molecule has 0 spiro atoms. The fourth-order valence-electron chi connectivity index (χ4n) is 3.93. The second-order valence-corrected chi connectivity index (χ2v) is 7.31. The molecule has 4 rings (SSSR count). The van der Waals surface area contributed by atoms with Crippen molar-refractivity contribution in [2.24, 2.45) is 7.05 Å². The third-order valence-corrected chi connectivity index (χ3v) is 5.26. The number of nitrogens with one attached hydrogen (secondary N) is 2. The fraction of sp³-hybridized carbons (Fsp3) is 0.429. The van der Waals surface area contributed by atoms with Crippen molar-refractivity contribution in [2.75, 3.05) is 23.3 Å². The Bertz CT molecular complexity index is 997. The number of hydrogen-bond acceptors (Lipinski definition) is 4. The molecule has 1 aliphatic rings. The Balaban J connectivity index is 1.56. The quantitative estimate of drug-likeness (QED) is 0.702. The Hall–Kier alpha value is -2.76. The number of aromatic nitrogens is 3. The molecule has 0 saturated carbocycles. The van der Waals surface area contributed by atoms with Crippen LogP contribution in [-0.2, 0) is 20.0 Å². The average molecular weight is 365 g/mol. The first-order valence-electron chi connectivity index (χ1n) is 9.82. The first-order valence-corrected chi connectivity index (χ1v) is 9.82. The second kappa shape index (κ2) is 7.47. The SMILES string of the molecule is CCCc1nn(C)c2c(=O)[nH]c(NCc3cccc(N4CCCC4)c3)cc12. The van der Waals surface area contributed by atoms with E-state index in [-0.39, 0.29) is 5.56 Å². The number of aryl methyl sites for hydroxylation is 2. The Kier molecular flexibility index (Phi) is 4.88. The number of H-pyrrole nitrogens is 1. The summed E-state index contributed by atoms with van der Waals surface area (Å²) in [4.78, 5) is 17.9. The zero-order valence-electron chi connectivity index (χ0n) is 16.1. The van der Waals surface area contributed by atoms with Crippen molar-refractivity contribution in [2.45, 2.75) is 39.2 Å². The highest BCUT2D eigenvalue weighted by atomic mass is 16.1. The molecule has 0 atom stereocenters. The van der Waals surface area contributed by atoms with E-state index in [1.54, 1.807) is 4.68 Å². The second-order valence-electron chi connectivity index (χ2n) is 7.31. The summed E-state index contributed by atoms with van der Waals surface area (Å²) in [6.07, 6.45) is 4.42. The lowest BCUT2D eigenvalue weighted by Gasteiger charge is -2.18. The number of hydrogen-bond donors (Lipinski definition) is 2. The van der Waals surface area contributed by atoms with E-state index in [2.05, 4.69) is 51.5 Å². The van der Waals surface area contributed by atoms with Crippen LogP contribution in [0, 0.1) is 0 Å². The molecule has 142 valence electrons. The van der Waals surface area contributed by atoms with Crippen molar-refractivity contribution in [3.8, 4) is 0 Å². The van der Waals surface area contributed by atoms with Crippen molar-refractivity contribution < 1.29 is 0 Å². The van der Waals surface area contributed by atoms with Crippen LogP contribution in [0.5, 0.6) is 0 Å². The van der Waals surface area contributed by atoms with Crippen LogP contribution in [0.2, 0.25) is 0 Å². The zero-order valence-corrected chi connectivity index (χ0v) is 16.1. The van der Waals surface area contributed by atoms with Gasteiger partial charge >= 0.3 is 0 Å². The summed E-state index contributed by atoms with van der Waals surface area (Å²) in [6.45, 7) is 5.08. The number of anilines is 2. The largest absolute Gasteiger partial charge is 0.372 e. The van der Waals surface area contributed by atoms with Crippen molar-refractivity contribution in [3.63, 3.8) is 0 Å². The minimum absolute atomic E-state index is 0.0989. The van der Waals surface area contributed by atoms with Crippen molar-refractivity contribution >= 4 is 22.4 Å². The third-order valence-electron chi connectivity index (χ3n) is 5.26. The Labute approximate surface area is 159 Å². The molecule has 6 nitrogen and oxygen atoms in total. The van der Waals surface area contributed by atoms with Gasteiger partial charge in [-0.2, -0.15) is 5.10 Å². The summed E-state index contributed by atoms with van der Waals surface area (Å²) in [5.41, 5.74) is 4.02. The summed E-state index contributed by atoms with van der Waals surface area (Å²) in [7, 11) is 1.83. The van der Waals surface area contributed by atoms with E-state index in [4.69, 9.17) is 0 Å². The van der Waals surface area contributed by atoms with E-state index in [0.717, 1.165) is 42.8 Å². The maximum Gasteiger partial charge on any atom is 0.275 e. The van der Waals surface area contributed by atoms with E-state index in [1.807, 2.05) is 13.1 Å². The smallest absolute Gasteiger partial charge is 0.275 e. The number of fused-ring (bicyclic) bond motifs is 1. The molecule has 0 bridgehead atoms. The predicted octanol–water partition coefficient (Wildman–Crippen LogP) is 3.43. The van der Waals surface area contributed by atoms with Gasteiger partial charge in [0, 0.05) is 37.8 Å². The number of benzene rings is 1. The lowest BCUT2D eigenvalue weighted by Crippen LogP contribution is -2.17. The molecular weight excluding hydrogens is 338 g/mol. The van der Waals surface area contributed by atoms with Crippen molar-refractivity contribution in [3.05, 3.63) is 51.9 Å². The molecule has 2 N–H and O–H groups in total. The van der Waals surface area contributed by atoms with Crippen molar-refractivity contribution in [1.29, 1.82) is 0 Å². The standard InChI is InChI=1S/C21H27N5O/c1-3-7-18-17-13-19(23-21(27)20(17)25(2)24-18)22-14-15-8-6-9-16(12-15)26-10-4-5-11-26/h6,8-9,12-13H,3-5,7,10-11,14H2,1-2H3,(H2,22,23,27). The van der Waals surface area contributed by atoms with E-state index in [1.165, 1.54) is 24.1 Å². The maximum absolute atomic E-state index is 12.5. The van der Waals surface area contributed by atoms with Gasteiger partial charge in [-0.15, -0.1) is 0 Å². The number of rotatable bonds is 6. The van der Waals surface area contributed by atoms with Gasteiger partial charge in [0.1, 0.15) is 11.3 Å². The Morgan fingerprint density at radius 1 is 1.22 bits per heavy atom. The molecule has 0 radical (unpaired) electrons. The number of aromatic amines is 1. The topological polar surface area (TPSA) is 66.0 Å². The summed E-state index contributed by atoms with van der Waals surface area (Å²) in [6, 6.07) is 10.7. The lowest BCUT2D eigenvalue weighted by atomic mass is 10.1. The first kappa shape index (κ1) is 17.6. The van der Waals surface area contributed by atoms with Gasteiger partial charge in [-0.3, -0.25) is 9.48 Å². The summed E-state index contributed by atoms with van der Waals surface area (Å²) in [5, 5.41) is 8.84. The van der Waals surface area contributed by atoms with Crippen LogP contribution in [-0.4, -0.2) is 27.9 Å². The maximum atomic E-state index is 12.5. The molecule has 2 aromatic heterocycles. The molecule has 0 aliphatic carbocycles. The molecule has 0 unspecified atom stereocenters. The van der Waals surface area contributed by atoms with Crippen LogP contribution >= 0.6 is 0 Å². The van der Waals surface area contributed by atoms with E-state index >= 15 is 0 Å². The molecule has 3 aromatic rings. The highest BCUT2D eigenvalue weighted by Crippen LogP contribution is 2.22. The van der Waals surface area contributed by atoms with E-state index in [0.29, 0.717) is 12.1 Å². The molecule has 27 heavy (non-hydrogen) atoms. The third kappa shape index (κ3) is 3.56. The highest BCUT2D eigenvalue weighted by molar-refractivity contribution is 5.83. The summed E-state index contributed by atoms with van der Waals surface area (Å²) < 4.78 is 1.68. The van der Waals surface area contributed by atoms with Gasteiger partial charge in [0.15, 0.2) is 0 Å². The van der Waals surface area contributed by atoms with Crippen LogP contribution < -0.4 is 15.8 Å². The zero-order chi connectivity index (χ0) is 18.8. The van der Waals surface area contributed by atoms with Gasteiger partial charge < -0.3 is 15.2 Å². The van der Waals surface area contributed by atoms with Crippen molar-refractivity contribution in [1.82, 2.24) is 14.8 Å². The predicted molar refractivity (Wildman–Crippen MR) is 111 cm³/mol. The molecule has 6 heteroatoms. The number of pyridine rings is 1. The fourth-order valence-corrected chi connectivity index (χ4v) is 3.93. The molecule has 1 saturated heterocycles. The lowest BCUT2D eigenvalue weighted by molar-refractivity contribution is 0.751. The van der Waals surface area contributed by atoms with Crippen LogP contribution in [0.25, 0.3) is 10.9 Å². The summed E-state index contributed by atoms with van der Waals surface area (Å²) in [5.74, 6) is 0.740. The van der Waals surface area contributed by atoms with Crippen LogP contribution in [0.4, 0.5) is 11.5 Å². The van der Waals surface area contributed by atoms with Gasteiger partial charge in [-0.1, -0.05) is 25.5 Å². The molecule has 3 heterocycles. The van der Waals surface area contributed by atoms with Gasteiger partial charge in [0.2, 0.25) is 0 Å². The van der Waals surface area contributed by atoms with Crippen LogP contribution in [0.1, 0.15) is 37.4 Å². The molecule has 1 fully saturated rings. The monoisotopic (exact) mass is 365 g/mol. The molecule has 1 aromatic carbocycles. The van der Waals surface area contributed by atoms with Gasteiger partial charge in [0.05, 0.1) is 5.69 Å². The highest BCUT2D eigenvalue weighted by Gasteiger charge is 2.14. The molecule has 1 aliphatic heterocycles. The first-order chi connectivity index (χ1) is 13.2. The van der Waals surface area contributed by atoms with Gasteiger partial charge in [0.25, 0.3) is 5.56 Å². The van der Waals surface area contributed by atoms with Gasteiger partial charge in [-0.25, -0.2) is 0 Å². The summed E-state index contributed by atoms with van der Waals surface area (Å²) >= 11 is 0. The molecular formula is C21H27N5O. The minimum atomic E-state index is -0.0989. The van der Waals surface area contributed by atoms with Crippen LogP contribution in [0.15, 0.2) is 35.1 Å². The van der Waals surface area contributed by atoms with E-state index in [9.17, 15) is 4.79 Å². The minimum Gasteiger partial charge on any atom is -0.372 e. The van der Waals surface area contributed by atoms with Crippen LogP contribution in [0.3, 0.4) is 0 Å². The molecule has 0 amide bonds. The van der Waals surface area contributed by atoms with E-state index < -0.39 is 0 Å². The van der Waals surface area contributed by atoms with Gasteiger partial charge in [-0.05, 0) is 43.0 Å². The normalized spacial score (nSPS) is 14.2.